The fourth-order valence-corrected chi connectivity index (χ4v) is 6.13. The van der Waals surface area contributed by atoms with Crippen molar-refractivity contribution in [2.75, 3.05) is 0 Å². The molecule has 2 heteroatoms. The van der Waals surface area contributed by atoms with Gasteiger partial charge in [-0.1, -0.05) is 91.0 Å². The van der Waals surface area contributed by atoms with Gasteiger partial charge < -0.3 is 8.98 Å². The Bertz CT molecular complexity index is 2030. The average molecular weight is 488 g/mol. The first kappa shape index (κ1) is 21.3. The number of aryl methyl sites for hydroxylation is 1. The zero-order valence-corrected chi connectivity index (χ0v) is 20.9. The van der Waals surface area contributed by atoms with Gasteiger partial charge in [-0.2, -0.15) is 0 Å². The summed E-state index contributed by atoms with van der Waals surface area (Å²) in [5.74, 6) is 0. The summed E-state index contributed by atoms with van der Waals surface area (Å²) in [6.07, 6.45) is 6.78. The Morgan fingerprint density at radius 1 is 0.605 bits per heavy atom. The number of allylic oxidation sites excluding steroid dienone is 1. The third-order valence-corrected chi connectivity index (χ3v) is 7.87. The molecule has 5 aromatic carbocycles. The zero-order valence-electron chi connectivity index (χ0n) is 20.9. The van der Waals surface area contributed by atoms with Gasteiger partial charge in [-0.3, -0.25) is 0 Å². The molecule has 0 N–H and O–H groups in total. The number of hydrogen-bond acceptors (Lipinski definition) is 1. The molecular formula is C36H25NO. The van der Waals surface area contributed by atoms with E-state index < -0.39 is 0 Å². The Labute approximate surface area is 221 Å². The van der Waals surface area contributed by atoms with Crippen LogP contribution in [0.4, 0.5) is 0 Å². The zero-order chi connectivity index (χ0) is 25.1. The minimum atomic E-state index is 0.926. The van der Waals surface area contributed by atoms with Crippen molar-refractivity contribution in [3.8, 4) is 27.9 Å². The summed E-state index contributed by atoms with van der Waals surface area (Å²) in [4.78, 5) is 0. The summed E-state index contributed by atoms with van der Waals surface area (Å²) in [5, 5.41) is 3.67. The van der Waals surface area contributed by atoms with Crippen molar-refractivity contribution < 1.29 is 4.42 Å². The van der Waals surface area contributed by atoms with Gasteiger partial charge >= 0.3 is 0 Å². The van der Waals surface area contributed by atoms with Crippen molar-refractivity contribution in [2.24, 2.45) is 0 Å². The number of fused-ring (bicyclic) bond motifs is 6. The van der Waals surface area contributed by atoms with Crippen LogP contribution in [0.1, 0.15) is 17.7 Å². The highest BCUT2D eigenvalue weighted by atomic mass is 16.3. The van der Waals surface area contributed by atoms with E-state index in [9.17, 15) is 0 Å². The van der Waals surface area contributed by atoms with E-state index in [-0.39, 0.29) is 0 Å². The van der Waals surface area contributed by atoms with Gasteiger partial charge in [0.25, 0.3) is 0 Å². The van der Waals surface area contributed by atoms with Crippen LogP contribution < -0.4 is 0 Å². The minimum Gasteiger partial charge on any atom is -0.455 e. The maximum Gasteiger partial charge on any atom is 0.143 e. The highest BCUT2D eigenvalue weighted by molar-refractivity contribution is 6.09. The summed E-state index contributed by atoms with van der Waals surface area (Å²) < 4.78 is 8.76. The molecule has 38 heavy (non-hydrogen) atoms. The second-order valence-corrected chi connectivity index (χ2v) is 10.1. The molecule has 0 saturated carbocycles. The topological polar surface area (TPSA) is 18.1 Å². The summed E-state index contributed by atoms with van der Waals surface area (Å²) in [7, 11) is 0. The smallest absolute Gasteiger partial charge is 0.143 e. The van der Waals surface area contributed by atoms with Crippen molar-refractivity contribution >= 4 is 38.9 Å². The van der Waals surface area contributed by atoms with Crippen LogP contribution in [0.5, 0.6) is 0 Å². The monoisotopic (exact) mass is 487 g/mol. The van der Waals surface area contributed by atoms with E-state index in [1.807, 2.05) is 12.1 Å². The fourth-order valence-electron chi connectivity index (χ4n) is 6.13. The molecule has 2 heterocycles. The molecule has 2 aromatic heterocycles. The second-order valence-electron chi connectivity index (χ2n) is 10.1. The molecule has 0 amide bonds. The molecular weight excluding hydrogens is 462 g/mol. The molecule has 7 aromatic rings. The van der Waals surface area contributed by atoms with Gasteiger partial charge in [-0.25, -0.2) is 0 Å². The maximum absolute atomic E-state index is 6.34. The highest BCUT2D eigenvalue weighted by Crippen LogP contribution is 2.38. The minimum absolute atomic E-state index is 0.926. The van der Waals surface area contributed by atoms with E-state index >= 15 is 0 Å². The van der Waals surface area contributed by atoms with Gasteiger partial charge in [0.15, 0.2) is 0 Å². The van der Waals surface area contributed by atoms with Crippen LogP contribution in [0.3, 0.4) is 0 Å². The summed E-state index contributed by atoms with van der Waals surface area (Å²) in [6.45, 7) is 0. The van der Waals surface area contributed by atoms with E-state index in [1.54, 1.807) is 0 Å². The van der Waals surface area contributed by atoms with E-state index in [0.29, 0.717) is 0 Å². The lowest BCUT2D eigenvalue weighted by molar-refractivity contribution is 0.670. The Hall–Kier alpha value is -4.82. The Morgan fingerprint density at radius 3 is 2.29 bits per heavy atom. The predicted octanol–water partition coefficient (Wildman–Crippen LogP) is 9.82. The third-order valence-electron chi connectivity index (χ3n) is 7.87. The first-order chi connectivity index (χ1) is 18.8. The largest absolute Gasteiger partial charge is 0.455 e. The van der Waals surface area contributed by atoms with Crippen LogP contribution in [0, 0.1) is 0 Å². The standard InChI is InChI=1S/C36H25NO/c1-4-19-33-29(14-1)30-15-2-5-20-34(30)37(33)27-13-8-11-25(23-27)24-10-7-12-26(22-24)28-17-9-18-32-31-16-3-6-21-35(31)38-36(28)32/h1,3-14,16-23H,2,15H2. The van der Waals surface area contributed by atoms with Crippen molar-refractivity contribution in [2.45, 2.75) is 12.8 Å². The number of furan rings is 1. The van der Waals surface area contributed by atoms with Gasteiger partial charge in [-0.15, -0.1) is 0 Å². The molecule has 2 nitrogen and oxygen atoms in total. The normalized spacial score (nSPS) is 12.9. The number of benzene rings is 5. The highest BCUT2D eigenvalue weighted by Gasteiger charge is 2.18. The molecule has 0 spiro atoms. The average Bonchev–Trinajstić information content (AvgIpc) is 3.53. The van der Waals surface area contributed by atoms with Crippen molar-refractivity contribution in [1.29, 1.82) is 0 Å². The number of nitrogens with zero attached hydrogens (tertiary/aromatic N) is 1. The maximum atomic E-state index is 6.34. The van der Waals surface area contributed by atoms with Crippen LogP contribution >= 0.6 is 0 Å². The summed E-state index contributed by atoms with van der Waals surface area (Å²) in [5.41, 5.74) is 11.8. The number of hydrogen-bond donors (Lipinski definition) is 0. The Morgan fingerprint density at radius 2 is 1.34 bits per heavy atom. The molecule has 0 fully saturated rings. The molecule has 0 bridgehead atoms. The van der Waals surface area contributed by atoms with Crippen molar-refractivity contribution in [3.63, 3.8) is 0 Å². The van der Waals surface area contributed by atoms with Crippen LogP contribution in [0.15, 0.2) is 126 Å². The summed E-state index contributed by atoms with van der Waals surface area (Å²) >= 11 is 0. The first-order valence-corrected chi connectivity index (χ1v) is 13.3. The lowest BCUT2D eigenvalue weighted by atomic mass is 9.97. The van der Waals surface area contributed by atoms with Crippen LogP contribution in [-0.2, 0) is 6.42 Å². The Kier molecular flexibility index (Phi) is 4.68. The third kappa shape index (κ3) is 3.20. The lowest BCUT2D eigenvalue weighted by Gasteiger charge is -2.14. The SMILES string of the molecule is C1=Cc2c(c3ccccc3n2-c2cccc(-c3cccc(-c4cccc5c4oc4ccccc45)c3)c2)CC1. The molecule has 8 rings (SSSR count). The van der Waals surface area contributed by atoms with E-state index in [4.69, 9.17) is 4.42 Å². The lowest BCUT2D eigenvalue weighted by Crippen LogP contribution is -2.00. The van der Waals surface area contributed by atoms with Crippen LogP contribution in [-0.4, -0.2) is 4.57 Å². The number of rotatable bonds is 3. The molecule has 1 aliphatic rings. The molecule has 1 aliphatic carbocycles. The number of para-hydroxylation sites is 3. The van der Waals surface area contributed by atoms with Gasteiger partial charge in [0.05, 0.1) is 5.52 Å². The van der Waals surface area contributed by atoms with Gasteiger partial charge in [-0.05, 0) is 71.5 Å². The van der Waals surface area contributed by atoms with Gasteiger partial charge in [0, 0.05) is 33.1 Å². The van der Waals surface area contributed by atoms with Crippen molar-refractivity contribution in [3.05, 3.63) is 133 Å². The van der Waals surface area contributed by atoms with Crippen LogP contribution in [0.25, 0.3) is 66.9 Å². The van der Waals surface area contributed by atoms with E-state index in [2.05, 4.69) is 120 Å². The molecule has 0 saturated heterocycles. The van der Waals surface area contributed by atoms with E-state index in [1.165, 1.54) is 39.0 Å². The molecule has 0 aliphatic heterocycles. The quantitative estimate of drug-likeness (QED) is 0.242. The predicted molar refractivity (Wildman–Crippen MR) is 159 cm³/mol. The molecule has 0 radical (unpaired) electrons. The molecule has 180 valence electrons. The van der Waals surface area contributed by atoms with Gasteiger partial charge in [0.2, 0.25) is 0 Å². The van der Waals surface area contributed by atoms with Crippen LogP contribution in [0.2, 0.25) is 0 Å². The summed E-state index contributed by atoms with van der Waals surface area (Å²) in [6, 6.07) is 41.2. The molecule has 0 unspecified atom stereocenters. The Balaban J connectivity index is 1.27. The van der Waals surface area contributed by atoms with E-state index in [0.717, 1.165) is 45.9 Å². The fraction of sp³-hybridized carbons (Fsp3) is 0.0556. The van der Waals surface area contributed by atoms with Gasteiger partial charge in [0.1, 0.15) is 11.2 Å². The first-order valence-electron chi connectivity index (χ1n) is 13.3. The molecule has 0 atom stereocenters. The second kappa shape index (κ2) is 8.36. The number of aromatic nitrogens is 1. The van der Waals surface area contributed by atoms with Crippen molar-refractivity contribution in [1.82, 2.24) is 4.57 Å².